The second-order valence-electron chi connectivity index (χ2n) is 7.71. The van der Waals surface area contributed by atoms with Gasteiger partial charge in [-0.05, 0) is 24.1 Å². The van der Waals surface area contributed by atoms with Gasteiger partial charge in [-0.3, -0.25) is 14.3 Å². The van der Waals surface area contributed by atoms with E-state index in [1.165, 1.54) is 10.1 Å². The third kappa shape index (κ3) is 4.35. The number of anilines is 1. The van der Waals surface area contributed by atoms with Crippen LogP contribution in [0.2, 0.25) is 0 Å². The van der Waals surface area contributed by atoms with Crippen LogP contribution >= 0.6 is 0 Å². The molecule has 2 aromatic heterocycles. The lowest BCUT2D eigenvalue weighted by atomic mass is 10.2. The van der Waals surface area contributed by atoms with Gasteiger partial charge in [0, 0.05) is 33.2 Å². The van der Waals surface area contributed by atoms with Gasteiger partial charge in [-0.1, -0.05) is 19.1 Å². The SMILES string of the molecule is CCc1ccc(OC[C@H](O)Cn2c(N3CCNCC3)nc3c2c(=O)[nH]c(=O)n3C)cc1. The number of aliphatic hydroxyl groups is 1. The van der Waals surface area contributed by atoms with Crippen molar-refractivity contribution >= 4 is 17.1 Å². The minimum absolute atomic E-state index is 0.0653. The van der Waals surface area contributed by atoms with Crippen molar-refractivity contribution < 1.29 is 9.84 Å². The molecule has 0 unspecified atom stereocenters. The van der Waals surface area contributed by atoms with Gasteiger partial charge in [-0.15, -0.1) is 0 Å². The second kappa shape index (κ2) is 8.94. The fourth-order valence-corrected chi connectivity index (χ4v) is 3.78. The molecular weight excluding hydrogens is 400 g/mol. The number of imidazole rings is 1. The van der Waals surface area contributed by atoms with Crippen molar-refractivity contribution in [3.05, 3.63) is 50.7 Å². The van der Waals surface area contributed by atoms with Gasteiger partial charge in [-0.2, -0.15) is 4.98 Å². The molecule has 0 amide bonds. The van der Waals surface area contributed by atoms with Crippen molar-refractivity contribution in [1.82, 2.24) is 24.4 Å². The van der Waals surface area contributed by atoms with Gasteiger partial charge in [0.05, 0.1) is 6.54 Å². The van der Waals surface area contributed by atoms with E-state index in [2.05, 4.69) is 27.1 Å². The van der Waals surface area contributed by atoms with Crippen LogP contribution in [-0.4, -0.2) is 63.1 Å². The lowest BCUT2D eigenvalue weighted by Gasteiger charge is -2.29. The fraction of sp³-hybridized carbons (Fsp3) is 0.476. The van der Waals surface area contributed by atoms with Crippen molar-refractivity contribution in [2.24, 2.45) is 7.05 Å². The quantitative estimate of drug-likeness (QED) is 0.478. The number of hydrogen-bond acceptors (Lipinski definition) is 7. The van der Waals surface area contributed by atoms with Gasteiger partial charge in [0.1, 0.15) is 18.5 Å². The molecule has 31 heavy (non-hydrogen) atoms. The monoisotopic (exact) mass is 428 g/mol. The Bertz CT molecular complexity index is 1160. The van der Waals surface area contributed by atoms with E-state index < -0.39 is 17.4 Å². The van der Waals surface area contributed by atoms with Crippen molar-refractivity contribution in [1.29, 1.82) is 0 Å². The Balaban J connectivity index is 1.62. The van der Waals surface area contributed by atoms with Gasteiger partial charge in [0.25, 0.3) is 5.56 Å². The molecule has 1 aliphatic rings. The van der Waals surface area contributed by atoms with Crippen LogP contribution in [0.25, 0.3) is 11.2 Å². The molecule has 1 atom stereocenters. The highest BCUT2D eigenvalue weighted by atomic mass is 16.5. The number of aromatic amines is 1. The van der Waals surface area contributed by atoms with Crippen molar-refractivity contribution in [3.63, 3.8) is 0 Å². The Morgan fingerprint density at radius 2 is 1.90 bits per heavy atom. The average Bonchev–Trinajstić information content (AvgIpc) is 3.17. The molecule has 0 saturated carbocycles. The molecule has 166 valence electrons. The van der Waals surface area contributed by atoms with Gasteiger partial charge in [-0.25, -0.2) is 4.79 Å². The number of fused-ring (bicyclic) bond motifs is 1. The molecule has 0 bridgehead atoms. The number of nitrogens with one attached hydrogen (secondary N) is 2. The third-order valence-electron chi connectivity index (χ3n) is 5.55. The summed E-state index contributed by atoms with van der Waals surface area (Å²) < 4.78 is 8.74. The van der Waals surface area contributed by atoms with Gasteiger partial charge < -0.3 is 24.6 Å². The van der Waals surface area contributed by atoms with Crippen LogP contribution in [-0.2, 0) is 20.0 Å². The highest BCUT2D eigenvalue weighted by Crippen LogP contribution is 2.21. The number of aromatic nitrogens is 4. The van der Waals surface area contributed by atoms with E-state index in [9.17, 15) is 14.7 Å². The average molecular weight is 428 g/mol. The Morgan fingerprint density at radius 1 is 1.19 bits per heavy atom. The van der Waals surface area contributed by atoms with E-state index in [4.69, 9.17) is 4.74 Å². The summed E-state index contributed by atoms with van der Waals surface area (Å²) in [6, 6.07) is 7.75. The molecule has 0 radical (unpaired) electrons. The molecule has 1 fully saturated rings. The third-order valence-corrected chi connectivity index (χ3v) is 5.55. The summed E-state index contributed by atoms with van der Waals surface area (Å²) in [4.78, 5) is 33.6. The first-order valence-electron chi connectivity index (χ1n) is 10.5. The fourth-order valence-electron chi connectivity index (χ4n) is 3.78. The summed E-state index contributed by atoms with van der Waals surface area (Å²) >= 11 is 0. The molecule has 3 aromatic rings. The molecule has 3 N–H and O–H groups in total. The lowest BCUT2D eigenvalue weighted by Crippen LogP contribution is -2.45. The van der Waals surface area contributed by atoms with E-state index in [0.717, 1.165) is 19.5 Å². The van der Waals surface area contributed by atoms with Crippen LogP contribution < -0.4 is 26.2 Å². The summed E-state index contributed by atoms with van der Waals surface area (Å²) in [5.41, 5.74) is 0.736. The van der Waals surface area contributed by atoms with Crippen LogP contribution in [0.5, 0.6) is 5.75 Å². The molecule has 1 aliphatic heterocycles. The Kier molecular flexibility index (Phi) is 6.10. The number of nitrogens with zero attached hydrogens (tertiary/aromatic N) is 4. The van der Waals surface area contributed by atoms with E-state index in [1.54, 1.807) is 11.6 Å². The standard InChI is InChI=1S/C21H28N6O4/c1-3-14-4-6-16(7-5-14)31-13-15(28)12-27-17-18(25(2)21(30)24-19(17)29)23-20(27)26-10-8-22-9-11-26/h4-7,15,22,28H,3,8-13H2,1-2H3,(H,24,29,30)/t15-/m1/s1. The first kappa shape index (κ1) is 21.1. The maximum atomic E-state index is 12.6. The van der Waals surface area contributed by atoms with E-state index in [-0.39, 0.29) is 18.7 Å². The number of aryl methyl sites for hydroxylation is 2. The molecule has 0 aliphatic carbocycles. The van der Waals surface area contributed by atoms with Crippen LogP contribution in [0, 0.1) is 0 Å². The maximum Gasteiger partial charge on any atom is 0.329 e. The van der Waals surface area contributed by atoms with Crippen molar-refractivity contribution in [2.75, 3.05) is 37.7 Å². The Hall–Kier alpha value is -3.11. The number of H-pyrrole nitrogens is 1. The highest BCUT2D eigenvalue weighted by molar-refractivity contribution is 5.74. The summed E-state index contributed by atoms with van der Waals surface area (Å²) in [5, 5.41) is 14.0. The Morgan fingerprint density at radius 3 is 2.58 bits per heavy atom. The number of ether oxygens (including phenoxy) is 1. The zero-order valence-corrected chi connectivity index (χ0v) is 17.8. The number of hydrogen-bond donors (Lipinski definition) is 3. The number of piperazine rings is 1. The molecule has 1 saturated heterocycles. The minimum atomic E-state index is -0.874. The predicted molar refractivity (Wildman–Crippen MR) is 118 cm³/mol. The molecule has 0 spiro atoms. The Labute approximate surface area is 179 Å². The number of aliphatic hydroxyl groups excluding tert-OH is 1. The predicted octanol–water partition coefficient (Wildman–Crippen LogP) is -0.165. The van der Waals surface area contributed by atoms with Gasteiger partial charge in [0.2, 0.25) is 5.95 Å². The van der Waals surface area contributed by atoms with E-state index in [1.807, 2.05) is 24.3 Å². The van der Waals surface area contributed by atoms with Crippen LogP contribution in [0.1, 0.15) is 12.5 Å². The minimum Gasteiger partial charge on any atom is -0.491 e. The number of rotatable bonds is 7. The summed E-state index contributed by atoms with van der Waals surface area (Å²) in [6.45, 7) is 5.27. The molecule has 1 aromatic carbocycles. The topological polar surface area (TPSA) is 117 Å². The molecule has 3 heterocycles. The van der Waals surface area contributed by atoms with Crippen LogP contribution in [0.4, 0.5) is 5.95 Å². The second-order valence-corrected chi connectivity index (χ2v) is 7.71. The molecule has 10 nitrogen and oxygen atoms in total. The largest absolute Gasteiger partial charge is 0.491 e. The molecule has 10 heteroatoms. The van der Waals surface area contributed by atoms with Crippen molar-refractivity contribution in [3.8, 4) is 5.75 Å². The van der Waals surface area contributed by atoms with E-state index >= 15 is 0 Å². The normalized spacial score (nSPS) is 15.4. The molecule has 4 rings (SSSR count). The summed E-state index contributed by atoms with van der Waals surface area (Å²) in [6.07, 6.45) is 0.0733. The highest BCUT2D eigenvalue weighted by Gasteiger charge is 2.24. The first-order valence-corrected chi connectivity index (χ1v) is 10.5. The summed E-state index contributed by atoms with van der Waals surface area (Å²) in [5.74, 6) is 1.24. The van der Waals surface area contributed by atoms with E-state index in [0.29, 0.717) is 30.4 Å². The first-order chi connectivity index (χ1) is 15.0. The summed E-state index contributed by atoms with van der Waals surface area (Å²) in [7, 11) is 1.57. The maximum absolute atomic E-state index is 12.6. The van der Waals surface area contributed by atoms with Crippen LogP contribution in [0.15, 0.2) is 33.9 Å². The smallest absolute Gasteiger partial charge is 0.329 e. The van der Waals surface area contributed by atoms with Crippen LogP contribution in [0.3, 0.4) is 0 Å². The van der Waals surface area contributed by atoms with Crippen molar-refractivity contribution in [2.45, 2.75) is 26.0 Å². The zero-order chi connectivity index (χ0) is 22.0. The van der Waals surface area contributed by atoms with Gasteiger partial charge >= 0.3 is 5.69 Å². The molecular formula is C21H28N6O4. The lowest BCUT2D eigenvalue weighted by molar-refractivity contribution is 0.0936. The zero-order valence-electron chi connectivity index (χ0n) is 17.8. The van der Waals surface area contributed by atoms with Gasteiger partial charge in [0.15, 0.2) is 11.2 Å². The number of benzene rings is 1.